The monoisotopic (exact) mass is 423 g/mol. The average molecular weight is 424 g/mol. The van der Waals surface area contributed by atoms with Crippen molar-refractivity contribution in [3.63, 3.8) is 0 Å². The Balaban J connectivity index is 2.22. The Morgan fingerprint density at radius 2 is 1.40 bits per heavy atom. The Labute approximate surface area is 176 Å². The van der Waals surface area contributed by atoms with Crippen LogP contribution < -0.4 is 4.48 Å². The fourth-order valence-corrected chi connectivity index (χ4v) is 3.86. The molecule has 30 heavy (non-hydrogen) atoms. The minimum Gasteiger partial charge on any atom is -0.419 e. The van der Waals surface area contributed by atoms with E-state index in [4.69, 9.17) is 4.74 Å². The highest BCUT2D eigenvalue weighted by Crippen LogP contribution is 2.34. The Morgan fingerprint density at radius 3 is 1.87 bits per heavy atom. The predicted octanol–water partition coefficient (Wildman–Crippen LogP) is 5.21. The molecule has 0 heterocycles. The first-order chi connectivity index (χ1) is 14.4. The molecule has 0 fully saturated rings. The van der Waals surface area contributed by atoms with Crippen LogP contribution in [0, 0.1) is 6.92 Å². The van der Waals surface area contributed by atoms with Crippen LogP contribution in [-0.2, 0) is 14.8 Å². The molecule has 0 unspecified atom stereocenters. The highest BCUT2D eigenvalue weighted by molar-refractivity contribution is 7.90. The minimum atomic E-state index is -4.03. The maximum absolute atomic E-state index is 13.2. The molecule has 0 aromatic heterocycles. The second-order valence-corrected chi connectivity index (χ2v) is 8.23. The van der Waals surface area contributed by atoms with Crippen LogP contribution in [0.1, 0.15) is 12.5 Å². The van der Waals surface area contributed by atoms with Crippen LogP contribution in [0.25, 0.3) is 0 Å². The summed E-state index contributed by atoms with van der Waals surface area (Å²) < 4.78 is 34.4. The van der Waals surface area contributed by atoms with E-state index in [0.29, 0.717) is 11.4 Å². The highest BCUT2D eigenvalue weighted by atomic mass is 32.2. The number of carbonyl (C=O) groups is 1. The number of benzene rings is 3. The first-order valence-corrected chi connectivity index (χ1v) is 10.9. The van der Waals surface area contributed by atoms with Crippen molar-refractivity contribution in [2.24, 2.45) is 4.40 Å². The van der Waals surface area contributed by atoms with Crippen LogP contribution in [0.2, 0.25) is 0 Å². The number of hydrogen-bond acceptors (Lipinski definition) is 4. The lowest BCUT2D eigenvalue weighted by atomic mass is 10.2. The van der Waals surface area contributed by atoms with Crippen molar-refractivity contribution in [3.05, 3.63) is 90.5 Å². The van der Waals surface area contributed by atoms with Crippen molar-refractivity contribution in [1.82, 2.24) is 4.48 Å². The molecule has 3 aromatic carbocycles. The van der Waals surface area contributed by atoms with Crippen LogP contribution in [-0.4, -0.2) is 27.5 Å². The number of aryl methyl sites for hydroxylation is 1. The fourth-order valence-electron chi connectivity index (χ4n) is 3.00. The zero-order chi connectivity index (χ0) is 21.6. The number of nitrogens with zero attached hydrogens (tertiary/aromatic N) is 2. The number of amides is 1. The van der Waals surface area contributed by atoms with Crippen molar-refractivity contribution >= 4 is 33.8 Å². The smallest absolute Gasteiger partial charge is 0.419 e. The summed E-state index contributed by atoms with van der Waals surface area (Å²) in [6.07, 6.45) is 0.468. The van der Waals surface area contributed by atoms with Gasteiger partial charge in [-0.2, -0.15) is 13.2 Å². The number of sulfonamides is 1. The van der Waals surface area contributed by atoms with Gasteiger partial charge < -0.3 is 4.74 Å². The summed E-state index contributed by atoms with van der Waals surface area (Å²) in [7, 11) is -4.03. The van der Waals surface area contributed by atoms with E-state index in [2.05, 4.69) is 4.40 Å². The molecule has 0 aliphatic carbocycles. The van der Waals surface area contributed by atoms with Crippen molar-refractivity contribution < 1.29 is 17.9 Å². The van der Waals surface area contributed by atoms with Crippen molar-refractivity contribution in [3.8, 4) is 0 Å². The Bertz CT molecular complexity index is 1090. The van der Waals surface area contributed by atoms with Gasteiger partial charge >= 0.3 is 6.09 Å². The van der Waals surface area contributed by atoms with Crippen molar-refractivity contribution in [2.45, 2.75) is 18.7 Å². The van der Waals surface area contributed by atoms with Gasteiger partial charge in [0.15, 0.2) is 11.4 Å². The zero-order valence-corrected chi connectivity index (χ0v) is 17.6. The molecule has 0 saturated heterocycles. The fraction of sp³-hybridized carbons (Fsp3) is 0.130. The third kappa shape index (κ3) is 4.32. The molecule has 3 rings (SSSR count). The summed E-state index contributed by atoms with van der Waals surface area (Å²) in [6.45, 7) is 3.70. The molecule has 0 radical (unpaired) electrons. The number of quaternary nitrogens is 1. The maximum atomic E-state index is 13.2. The number of para-hydroxylation sites is 2. The molecule has 154 valence electrons. The number of hydrogen-bond donors (Lipinski definition) is 0. The molecule has 1 amide bonds. The van der Waals surface area contributed by atoms with Gasteiger partial charge in [-0.1, -0.05) is 54.1 Å². The lowest BCUT2D eigenvalue weighted by Crippen LogP contribution is -2.49. The molecule has 0 saturated carbocycles. The van der Waals surface area contributed by atoms with Gasteiger partial charge in [0.2, 0.25) is 6.34 Å². The number of carbonyl (C=O) groups excluding carboxylic acids is 1. The largest absolute Gasteiger partial charge is 0.532 e. The SMILES string of the molecule is CCOC(=O)[N+](/C=N/S(=O)(=O)c1ccc(C)cc1)(c1ccccc1)c1ccccc1. The predicted molar refractivity (Wildman–Crippen MR) is 118 cm³/mol. The van der Waals surface area contributed by atoms with Crippen LogP contribution in [0.3, 0.4) is 0 Å². The van der Waals surface area contributed by atoms with Crippen LogP contribution in [0.5, 0.6) is 0 Å². The highest BCUT2D eigenvalue weighted by Gasteiger charge is 2.43. The first-order valence-electron chi connectivity index (χ1n) is 9.45. The van der Waals surface area contributed by atoms with E-state index in [9.17, 15) is 13.2 Å². The average Bonchev–Trinajstić information content (AvgIpc) is 2.76. The van der Waals surface area contributed by atoms with Gasteiger partial charge in [-0.3, -0.25) is 0 Å². The van der Waals surface area contributed by atoms with Gasteiger partial charge in [-0.15, -0.1) is 8.88 Å². The number of ether oxygens (including phenoxy) is 1. The summed E-state index contributed by atoms with van der Waals surface area (Å²) in [5.74, 6) is 0. The quantitative estimate of drug-likeness (QED) is 0.310. The van der Waals surface area contributed by atoms with Crippen LogP contribution >= 0.6 is 0 Å². The third-order valence-electron chi connectivity index (χ3n) is 4.56. The standard InChI is InChI=1S/C23H23N2O4S/c1-3-29-23(26)25(20-10-6-4-7-11-20,21-12-8-5-9-13-21)18-24-30(27,28)22-16-14-19(2)15-17-22/h4-18H,3H2,1-2H3/q+1/b24-18+. The molecular weight excluding hydrogens is 400 g/mol. The third-order valence-corrected chi connectivity index (χ3v) is 5.80. The second-order valence-electron chi connectivity index (χ2n) is 6.60. The van der Waals surface area contributed by atoms with Gasteiger partial charge in [0.05, 0.1) is 11.5 Å². The Hall–Kier alpha value is -3.29. The molecule has 0 N–H and O–H groups in total. The molecule has 7 heteroatoms. The van der Waals surface area contributed by atoms with E-state index >= 15 is 0 Å². The molecule has 0 aliphatic heterocycles. The van der Waals surface area contributed by atoms with Gasteiger partial charge in [0.25, 0.3) is 10.0 Å². The van der Waals surface area contributed by atoms with Gasteiger partial charge in [-0.25, -0.2) is 0 Å². The number of rotatable bonds is 6. The Kier molecular flexibility index (Phi) is 6.44. The Morgan fingerprint density at radius 1 is 0.900 bits per heavy atom. The van der Waals surface area contributed by atoms with E-state index in [-0.39, 0.29) is 11.5 Å². The van der Waals surface area contributed by atoms with Gasteiger partial charge in [0.1, 0.15) is 0 Å². The molecular formula is C23H23N2O4S+. The van der Waals surface area contributed by atoms with E-state index in [1.165, 1.54) is 12.1 Å². The van der Waals surface area contributed by atoms with Gasteiger partial charge in [0, 0.05) is 24.3 Å². The van der Waals surface area contributed by atoms with E-state index in [0.717, 1.165) is 11.9 Å². The minimum absolute atomic E-state index is 0.0485. The lowest BCUT2D eigenvalue weighted by Gasteiger charge is -2.28. The molecule has 0 bridgehead atoms. The molecule has 0 atom stereocenters. The summed E-state index contributed by atoms with van der Waals surface area (Å²) in [6, 6.07) is 24.0. The summed E-state index contributed by atoms with van der Waals surface area (Å²) in [5, 5.41) is 0. The molecule has 6 nitrogen and oxygen atoms in total. The van der Waals surface area contributed by atoms with Crippen LogP contribution in [0.15, 0.2) is 94.2 Å². The van der Waals surface area contributed by atoms with Crippen molar-refractivity contribution in [1.29, 1.82) is 0 Å². The van der Waals surface area contributed by atoms with E-state index < -0.39 is 20.6 Å². The normalized spacial score (nSPS) is 12.1. The van der Waals surface area contributed by atoms with Gasteiger partial charge in [-0.05, 0) is 26.0 Å². The molecule has 0 aliphatic rings. The molecule has 0 spiro atoms. The summed E-state index contributed by atoms with van der Waals surface area (Å²) in [4.78, 5) is 13.3. The topological polar surface area (TPSA) is 72.8 Å². The summed E-state index contributed by atoms with van der Waals surface area (Å²) in [5.41, 5.74) is 1.94. The van der Waals surface area contributed by atoms with Crippen LogP contribution in [0.4, 0.5) is 16.2 Å². The van der Waals surface area contributed by atoms with E-state index in [1.54, 1.807) is 67.6 Å². The first kappa shape index (κ1) is 21.4. The zero-order valence-electron chi connectivity index (χ0n) is 16.8. The second kappa shape index (κ2) is 9.02. The van der Waals surface area contributed by atoms with Crippen molar-refractivity contribution in [2.75, 3.05) is 6.61 Å². The summed E-state index contributed by atoms with van der Waals surface area (Å²) >= 11 is 0. The van der Waals surface area contributed by atoms with E-state index in [1.807, 2.05) is 19.1 Å². The maximum Gasteiger partial charge on any atom is 0.532 e. The lowest BCUT2D eigenvalue weighted by molar-refractivity contribution is 0.140. The molecule has 3 aromatic rings.